The fraction of sp³-hybridized carbons (Fsp3) is 0.348. The van der Waals surface area contributed by atoms with Crippen LogP contribution in [0.5, 0.6) is 0 Å². The lowest BCUT2D eigenvalue weighted by Crippen LogP contribution is -2.48. The SMILES string of the molecule is O=C(NC1CCC(F)(F)CC1)[C@@H](c1cncnc1)N(C(=O)CCl)c1ccc(-c2cncs2)cc1. The number of alkyl halides is 3. The molecule has 0 radical (unpaired) electrons. The number of hydrogen-bond donors (Lipinski definition) is 1. The molecule has 2 amide bonds. The minimum Gasteiger partial charge on any atom is -0.351 e. The van der Waals surface area contributed by atoms with E-state index in [0.29, 0.717) is 11.3 Å². The number of rotatable bonds is 7. The number of aromatic nitrogens is 3. The molecule has 1 saturated carbocycles. The summed E-state index contributed by atoms with van der Waals surface area (Å²) in [5.41, 5.74) is 3.48. The van der Waals surface area contributed by atoms with Crippen molar-refractivity contribution in [3.63, 3.8) is 0 Å². The van der Waals surface area contributed by atoms with E-state index in [1.54, 1.807) is 23.8 Å². The molecule has 1 aliphatic rings. The van der Waals surface area contributed by atoms with E-state index in [1.807, 2.05) is 12.1 Å². The first kappa shape index (κ1) is 24.2. The summed E-state index contributed by atoms with van der Waals surface area (Å²) in [6, 6.07) is 5.58. The largest absolute Gasteiger partial charge is 0.351 e. The van der Waals surface area contributed by atoms with E-state index in [2.05, 4.69) is 20.3 Å². The predicted octanol–water partition coefficient (Wildman–Crippen LogP) is 4.61. The number of anilines is 1. The van der Waals surface area contributed by atoms with Crippen LogP contribution < -0.4 is 10.2 Å². The van der Waals surface area contributed by atoms with Gasteiger partial charge in [-0.25, -0.2) is 18.7 Å². The van der Waals surface area contributed by atoms with Gasteiger partial charge >= 0.3 is 0 Å². The summed E-state index contributed by atoms with van der Waals surface area (Å²) >= 11 is 7.41. The Morgan fingerprint density at radius 3 is 2.38 bits per heavy atom. The highest BCUT2D eigenvalue weighted by Gasteiger charge is 2.38. The Hall–Kier alpha value is -2.98. The molecule has 0 bridgehead atoms. The quantitative estimate of drug-likeness (QED) is 0.474. The molecule has 1 atom stereocenters. The fourth-order valence-electron chi connectivity index (χ4n) is 3.98. The van der Waals surface area contributed by atoms with Gasteiger partial charge in [-0.15, -0.1) is 22.9 Å². The second-order valence-electron chi connectivity index (χ2n) is 8.02. The minimum atomic E-state index is -2.71. The third-order valence-corrected chi connectivity index (χ3v) is 6.76. The number of halogens is 3. The lowest BCUT2D eigenvalue weighted by atomic mass is 9.92. The number of nitrogens with one attached hydrogen (secondary N) is 1. The number of thiazole rings is 1. The Bertz CT molecular complexity index is 1110. The summed E-state index contributed by atoms with van der Waals surface area (Å²) in [4.78, 5) is 40.8. The number of carbonyl (C=O) groups is 2. The Kier molecular flexibility index (Phi) is 7.47. The maximum Gasteiger partial charge on any atom is 0.248 e. The summed E-state index contributed by atoms with van der Waals surface area (Å²) in [5, 5.41) is 2.85. The average Bonchev–Trinajstić information content (AvgIpc) is 3.39. The van der Waals surface area contributed by atoms with Crippen LogP contribution in [-0.2, 0) is 9.59 Å². The number of amides is 2. The van der Waals surface area contributed by atoms with E-state index < -0.39 is 29.8 Å². The molecule has 1 fully saturated rings. The van der Waals surface area contributed by atoms with Crippen molar-refractivity contribution in [3.05, 3.63) is 60.3 Å². The average molecular weight is 506 g/mol. The van der Waals surface area contributed by atoms with Crippen LogP contribution in [0.15, 0.2) is 54.7 Å². The topological polar surface area (TPSA) is 88.1 Å². The van der Waals surface area contributed by atoms with Gasteiger partial charge in [0.2, 0.25) is 17.7 Å². The molecule has 1 N–H and O–H groups in total. The maximum absolute atomic E-state index is 13.6. The van der Waals surface area contributed by atoms with Gasteiger partial charge < -0.3 is 5.32 Å². The number of hydrogen-bond acceptors (Lipinski definition) is 6. The Morgan fingerprint density at radius 2 is 1.79 bits per heavy atom. The summed E-state index contributed by atoms with van der Waals surface area (Å²) in [6.07, 6.45) is 5.69. The molecular weight excluding hydrogens is 484 g/mol. The maximum atomic E-state index is 13.6. The highest BCUT2D eigenvalue weighted by molar-refractivity contribution is 7.13. The van der Waals surface area contributed by atoms with E-state index >= 15 is 0 Å². The first-order chi connectivity index (χ1) is 16.4. The predicted molar refractivity (Wildman–Crippen MR) is 126 cm³/mol. The van der Waals surface area contributed by atoms with E-state index in [4.69, 9.17) is 11.6 Å². The molecule has 3 aromatic rings. The van der Waals surface area contributed by atoms with Crippen molar-refractivity contribution in [1.29, 1.82) is 0 Å². The van der Waals surface area contributed by atoms with Crippen molar-refractivity contribution < 1.29 is 18.4 Å². The molecule has 2 aromatic heterocycles. The third kappa shape index (κ3) is 5.56. The van der Waals surface area contributed by atoms with Crippen molar-refractivity contribution in [3.8, 4) is 10.4 Å². The van der Waals surface area contributed by atoms with Gasteiger partial charge in [0.05, 0.1) is 10.4 Å². The van der Waals surface area contributed by atoms with Gasteiger partial charge in [-0.1, -0.05) is 12.1 Å². The van der Waals surface area contributed by atoms with Gasteiger partial charge in [0.25, 0.3) is 0 Å². The second kappa shape index (κ2) is 10.5. The van der Waals surface area contributed by atoms with E-state index in [-0.39, 0.29) is 31.6 Å². The summed E-state index contributed by atoms with van der Waals surface area (Å²) in [6.45, 7) is 0. The molecule has 0 unspecified atom stereocenters. The minimum absolute atomic E-state index is 0.156. The number of nitrogens with zero attached hydrogens (tertiary/aromatic N) is 4. The van der Waals surface area contributed by atoms with Crippen LogP contribution in [0.4, 0.5) is 14.5 Å². The van der Waals surface area contributed by atoms with Crippen molar-refractivity contribution in [2.75, 3.05) is 10.8 Å². The van der Waals surface area contributed by atoms with Crippen LogP contribution in [0.25, 0.3) is 10.4 Å². The normalized spacial score (nSPS) is 16.6. The second-order valence-corrected chi connectivity index (χ2v) is 9.18. The molecule has 1 aromatic carbocycles. The van der Waals surface area contributed by atoms with E-state index in [1.165, 1.54) is 35.0 Å². The molecule has 7 nitrogen and oxygen atoms in total. The molecule has 4 rings (SSSR count). The number of benzene rings is 1. The van der Waals surface area contributed by atoms with Crippen LogP contribution in [0.2, 0.25) is 0 Å². The molecule has 0 saturated heterocycles. The van der Waals surface area contributed by atoms with Crippen molar-refractivity contribution in [2.45, 2.75) is 43.7 Å². The highest BCUT2D eigenvalue weighted by Crippen LogP contribution is 2.34. The van der Waals surface area contributed by atoms with Crippen LogP contribution in [0, 0.1) is 0 Å². The summed E-state index contributed by atoms with van der Waals surface area (Å²) in [5.74, 6) is -4.07. The van der Waals surface area contributed by atoms with Gasteiger partial charge in [0.1, 0.15) is 18.2 Å². The zero-order valence-electron chi connectivity index (χ0n) is 18.0. The molecule has 0 spiro atoms. The third-order valence-electron chi connectivity index (χ3n) is 5.71. The van der Waals surface area contributed by atoms with Crippen molar-refractivity contribution in [1.82, 2.24) is 20.3 Å². The van der Waals surface area contributed by atoms with Crippen LogP contribution in [0.1, 0.15) is 37.3 Å². The molecule has 0 aliphatic heterocycles. The van der Waals surface area contributed by atoms with Gasteiger partial charge in [0.15, 0.2) is 0 Å². The standard InChI is InChI=1S/C23H22ClF2N5O2S/c24-9-20(32)31(18-3-1-15(2-4-18)19-12-29-14-34-19)21(16-10-27-13-28-11-16)22(33)30-17-5-7-23(25,26)8-6-17/h1-4,10-14,17,21H,5-9H2,(H,30,33)/t21-/m1/s1. The molecule has 2 heterocycles. The Balaban J connectivity index is 1.65. The number of carbonyl (C=O) groups excluding carboxylic acids is 2. The molecule has 178 valence electrons. The Labute approximate surface area is 204 Å². The van der Waals surface area contributed by atoms with Crippen molar-refractivity contribution in [2.24, 2.45) is 0 Å². The molecule has 34 heavy (non-hydrogen) atoms. The van der Waals surface area contributed by atoms with Gasteiger partial charge in [-0.2, -0.15) is 0 Å². The Morgan fingerprint density at radius 1 is 1.12 bits per heavy atom. The molecule has 1 aliphatic carbocycles. The van der Waals surface area contributed by atoms with Gasteiger partial charge in [-0.3, -0.25) is 19.5 Å². The van der Waals surface area contributed by atoms with Gasteiger partial charge in [0, 0.05) is 48.7 Å². The lowest BCUT2D eigenvalue weighted by molar-refractivity contribution is -0.127. The van der Waals surface area contributed by atoms with E-state index in [9.17, 15) is 18.4 Å². The summed E-state index contributed by atoms with van der Waals surface area (Å²) < 4.78 is 27.1. The van der Waals surface area contributed by atoms with Crippen LogP contribution in [-0.4, -0.2) is 44.6 Å². The molecule has 11 heteroatoms. The zero-order valence-corrected chi connectivity index (χ0v) is 19.6. The first-order valence-electron chi connectivity index (χ1n) is 10.7. The smallest absolute Gasteiger partial charge is 0.248 e. The zero-order chi connectivity index (χ0) is 24.1. The van der Waals surface area contributed by atoms with E-state index in [0.717, 1.165) is 10.4 Å². The van der Waals surface area contributed by atoms with Crippen LogP contribution >= 0.6 is 22.9 Å². The summed E-state index contributed by atoms with van der Waals surface area (Å²) in [7, 11) is 0. The fourth-order valence-corrected chi connectivity index (χ4v) is 4.74. The highest BCUT2D eigenvalue weighted by atomic mass is 35.5. The van der Waals surface area contributed by atoms with Crippen LogP contribution in [0.3, 0.4) is 0 Å². The molecular formula is C23H22ClF2N5O2S. The van der Waals surface area contributed by atoms with Gasteiger partial charge in [-0.05, 0) is 30.5 Å². The lowest BCUT2D eigenvalue weighted by Gasteiger charge is -2.34. The monoisotopic (exact) mass is 505 g/mol. The van der Waals surface area contributed by atoms with Crippen molar-refractivity contribution >= 4 is 40.4 Å². The first-order valence-corrected chi connectivity index (χ1v) is 12.1.